The van der Waals surface area contributed by atoms with E-state index in [1.165, 1.54) is 6.92 Å². The highest BCUT2D eigenvalue weighted by Crippen LogP contribution is 2.48. The summed E-state index contributed by atoms with van der Waals surface area (Å²) in [4.78, 5) is 10.0. The second-order valence-corrected chi connectivity index (χ2v) is 10.3. The number of phenolic OH excluding ortho intramolecular Hbond substituents is 1. The lowest BCUT2D eigenvalue weighted by atomic mass is 9.80. The van der Waals surface area contributed by atoms with Gasteiger partial charge in [-0.3, -0.25) is 4.55 Å². The number of phenols is 1. The molecule has 0 bridgehead atoms. The second-order valence-electron chi connectivity index (χ2n) is 6.57. The van der Waals surface area contributed by atoms with Gasteiger partial charge in [0, 0.05) is 12.0 Å². The smallest absolute Gasteiger partial charge is 0.314 e. The molecule has 31 heavy (non-hydrogen) atoms. The van der Waals surface area contributed by atoms with Crippen LogP contribution in [0.5, 0.6) is 5.75 Å². The average Bonchev–Trinajstić information content (AvgIpc) is 2.62. The molecule has 0 aliphatic heterocycles. The first kappa shape index (κ1) is 23.4. The van der Waals surface area contributed by atoms with Gasteiger partial charge in [-0.1, -0.05) is 0 Å². The van der Waals surface area contributed by atoms with E-state index in [0.717, 1.165) is 12.1 Å². The average molecular weight is 513 g/mol. The second kappa shape index (κ2) is 7.70. The van der Waals surface area contributed by atoms with Crippen LogP contribution < -0.4 is 16.9 Å². The van der Waals surface area contributed by atoms with Crippen molar-refractivity contribution in [1.82, 2.24) is 15.0 Å². The third kappa shape index (κ3) is 4.38. The van der Waals surface area contributed by atoms with Crippen LogP contribution in [0, 0.1) is 0 Å². The summed E-state index contributed by atoms with van der Waals surface area (Å²) in [5, 5.41) is 12.9. The van der Waals surface area contributed by atoms with Gasteiger partial charge < -0.3 is 16.2 Å². The van der Waals surface area contributed by atoms with Crippen molar-refractivity contribution in [1.29, 1.82) is 0 Å². The number of nitrogens with two attached hydrogens (primary N) is 2. The molecular formula is C14H14Cl2N6O7S2. The van der Waals surface area contributed by atoms with Gasteiger partial charge in [0.25, 0.3) is 10.1 Å². The van der Waals surface area contributed by atoms with E-state index in [1.807, 2.05) is 0 Å². The molecule has 1 aliphatic carbocycles. The van der Waals surface area contributed by atoms with Crippen LogP contribution in [-0.2, 0) is 30.1 Å². The van der Waals surface area contributed by atoms with Gasteiger partial charge in [-0.15, -0.1) is 0 Å². The van der Waals surface area contributed by atoms with Crippen LogP contribution >= 0.6 is 23.2 Å². The fourth-order valence-electron chi connectivity index (χ4n) is 3.19. The molecule has 168 valence electrons. The molecule has 1 aromatic carbocycles. The molecule has 1 aromatic heterocycles. The maximum atomic E-state index is 12.1. The fraction of sp³-hybridized carbons (Fsp3) is 0.214. The highest BCUT2D eigenvalue weighted by Gasteiger charge is 2.41. The summed E-state index contributed by atoms with van der Waals surface area (Å²) in [5.74, 6) is 3.87. The van der Waals surface area contributed by atoms with Crippen molar-refractivity contribution in [2.75, 3.05) is 11.1 Å². The number of halogens is 2. The molecule has 0 spiro atoms. The molecular weight excluding hydrogens is 499 g/mol. The summed E-state index contributed by atoms with van der Waals surface area (Å²) in [6.45, 7) is 1.42. The Kier molecular flexibility index (Phi) is 5.81. The van der Waals surface area contributed by atoms with Crippen LogP contribution in [0.4, 0.5) is 11.6 Å². The zero-order chi connectivity index (χ0) is 23.4. The zero-order valence-corrected chi connectivity index (χ0v) is 18.5. The van der Waals surface area contributed by atoms with Crippen molar-refractivity contribution in [2.24, 2.45) is 5.90 Å². The van der Waals surface area contributed by atoms with Crippen molar-refractivity contribution in [3.8, 4) is 5.75 Å². The van der Waals surface area contributed by atoms with Gasteiger partial charge in [-0.05, 0) is 47.8 Å². The molecule has 1 atom stereocenters. The first-order valence-corrected chi connectivity index (χ1v) is 11.6. The first-order valence-electron chi connectivity index (χ1n) is 8.00. The molecule has 1 unspecified atom stereocenters. The van der Waals surface area contributed by atoms with Crippen molar-refractivity contribution in [2.45, 2.75) is 23.8 Å². The summed E-state index contributed by atoms with van der Waals surface area (Å²) in [7, 11) is -9.31. The Morgan fingerprint density at radius 3 is 2.29 bits per heavy atom. The Bertz CT molecular complexity index is 1310. The third-order valence-electron chi connectivity index (χ3n) is 4.42. The first-order chi connectivity index (χ1) is 14.2. The number of anilines is 2. The van der Waals surface area contributed by atoms with Crippen LogP contribution in [0.15, 0.2) is 15.9 Å². The minimum Gasteiger partial charge on any atom is -0.505 e. The zero-order valence-electron chi connectivity index (χ0n) is 15.4. The van der Waals surface area contributed by atoms with Crippen molar-refractivity contribution in [3.05, 3.63) is 32.7 Å². The summed E-state index contributed by atoms with van der Waals surface area (Å²) < 4.78 is 61.4. The Labute approximate surface area is 185 Å². The number of hydrogen-bond acceptors (Lipinski definition) is 12. The van der Waals surface area contributed by atoms with E-state index in [1.54, 1.807) is 0 Å². The van der Waals surface area contributed by atoms with Crippen LogP contribution in [0.1, 0.15) is 24.5 Å². The summed E-state index contributed by atoms with van der Waals surface area (Å²) in [6, 6.07) is 0.935. The highest BCUT2D eigenvalue weighted by molar-refractivity contribution is 7.90. The number of hydrogen-bond donors (Lipinski definition) is 5. The van der Waals surface area contributed by atoms with E-state index in [2.05, 4.69) is 24.6 Å². The molecule has 1 aliphatic rings. The van der Waals surface area contributed by atoms with Crippen molar-refractivity contribution in [3.63, 3.8) is 0 Å². The predicted molar refractivity (Wildman–Crippen MR) is 110 cm³/mol. The SMILES string of the molecule is CC1(Nc2nc(Cl)nc(Cl)n2)CC(S(=O)(=O)O)=Cc2cc(S(=O)(=O)ON)c(N)c(O)c21. The maximum Gasteiger partial charge on any atom is 0.314 e. The number of benzene rings is 1. The molecule has 0 amide bonds. The Hall–Kier alpha value is -2.27. The van der Waals surface area contributed by atoms with Crippen LogP contribution in [0.25, 0.3) is 6.08 Å². The van der Waals surface area contributed by atoms with E-state index in [4.69, 9.17) is 34.8 Å². The number of aromatic nitrogens is 3. The highest BCUT2D eigenvalue weighted by atomic mass is 35.5. The van der Waals surface area contributed by atoms with Gasteiger partial charge in [0.15, 0.2) is 0 Å². The molecule has 0 saturated carbocycles. The van der Waals surface area contributed by atoms with Crippen molar-refractivity contribution < 1.29 is 30.8 Å². The molecule has 0 fully saturated rings. The van der Waals surface area contributed by atoms with Gasteiger partial charge in [0.1, 0.15) is 10.6 Å². The van der Waals surface area contributed by atoms with E-state index in [0.29, 0.717) is 0 Å². The van der Waals surface area contributed by atoms with E-state index in [-0.39, 0.29) is 27.6 Å². The molecule has 3 rings (SSSR count). The minimum absolute atomic E-state index is 0.0268. The molecule has 13 nitrogen and oxygen atoms in total. The van der Waals surface area contributed by atoms with Gasteiger partial charge in [-0.25, -0.2) is 0 Å². The lowest BCUT2D eigenvalue weighted by Crippen LogP contribution is -2.37. The normalized spacial score (nSPS) is 18.9. The van der Waals surface area contributed by atoms with Gasteiger partial charge in [0.2, 0.25) is 16.5 Å². The Morgan fingerprint density at radius 2 is 1.77 bits per heavy atom. The number of nitrogens with zero attached hydrogens (tertiary/aromatic N) is 3. The monoisotopic (exact) mass is 512 g/mol. The molecule has 7 N–H and O–H groups in total. The standard InChI is InChI=1S/C14H14Cl2N6O7S2/c1-14(22-13-20-11(15)19-12(16)21-13)4-6(30(24,25)26)2-5-3-7(31(27,28)29-18)9(17)10(23)8(5)14/h2-3,23H,4,17-18H2,1H3,(H,24,25,26)(H,19,20,21,22). The van der Waals surface area contributed by atoms with Crippen LogP contribution in [-0.4, -0.2) is 41.4 Å². The lowest BCUT2D eigenvalue weighted by molar-refractivity contribution is 0.332. The van der Waals surface area contributed by atoms with Gasteiger partial charge >= 0.3 is 10.1 Å². The van der Waals surface area contributed by atoms with Crippen LogP contribution in [0.3, 0.4) is 0 Å². The topological polar surface area (TPSA) is 221 Å². The number of aromatic hydroxyl groups is 1. The molecule has 0 saturated heterocycles. The number of nitrogen functional groups attached to an aromatic ring is 1. The Morgan fingerprint density at radius 1 is 1.19 bits per heavy atom. The van der Waals surface area contributed by atoms with Gasteiger partial charge in [0.05, 0.1) is 16.1 Å². The number of fused-ring (bicyclic) bond motifs is 1. The van der Waals surface area contributed by atoms with Crippen molar-refractivity contribution >= 4 is 61.1 Å². The van der Waals surface area contributed by atoms with E-state index >= 15 is 0 Å². The largest absolute Gasteiger partial charge is 0.505 e. The van der Waals surface area contributed by atoms with E-state index in [9.17, 15) is 26.5 Å². The quantitative estimate of drug-likeness (QED) is 0.163. The van der Waals surface area contributed by atoms with E-state index < -0.39 is 53.4 Å². The molecule has 2 aromatic rings. The molecule has 0 radical (unpaired) electrons. The number of nitrogens with one attached hydrogen (secondary N) is 1. The molecule has 1 heterocycles. The van der Waals surface area contributed by atoms with Crippen LogP contribution in [0.2, 0.25) is 10.6 Å². The van der Waals surface area contributed by atoms with Gasteiger partial charge in [-0.2, -0.15) is 42.0 Å². The molecule has 17 heteroatoms. The summed E-state index contributed by atoms with van der Waals surface area (Å²) >= 11 is 11.5. The Balaban J connectivity index is 2.32. The minimum atomic E-state index is -4.73. The summed E-state index contributed by atoms with van der Waals surface area (Å²) in [6.07, 6.45) is 0.544. The lowest BCUT2D eigenvalue weighted by Gasteiger charge is -2.37. The maximum absolute atomic E-state index is 12.1. The predicted octanol–water partition coefficient (Wildman–Crippen LogP) is 1.00. The number of rotatable bonds is 5. The fourth-order valence-corrected chi connectivity index (χ4v) is 5.05. The third-order valence-corrected chi connectivity index (χ3v) is 6.82. The summed E-state index contributed by atoms with van der Waals surface area (Å²) in [5.41, 5.74) is 3.49.